The molecule has 0 aliphatic carbocycles. The Morgan fingerprint density at radius 3 is 2.87 bits per heavy atom. The van der Waals surface area contributed by atoms with Crippen LogP contribution in [0.3, 0.4) is 0 Å². The van der Waals surface area contributed by atoms with E-state index < -0.39 is 0 Å². The Balaban J connectivity index is 2.46. The van der Waals surface area contributed by atoms with Gasteiger partial charge in [0.15, 0.2) is 0 Å². The summed E-state index contributed by atoms with van der Waals surface area (Å²) in [6, 6.07) is 3.73. The SMILES string of the molecule is COCCCN(C)C(=O)c1ccc(Br)s1. The molecule has 0 fully saturated rings. The van der Waals surface area contributed by atoms with Gasteiger partial charge in [0, 0.05) is 27.3 Å². The largest absolute Gasteiger partial charge is 0.385 e. The molecule has 0 aromatic carbocycles. The first-order chi connectivity index (χ1) is 7.15. The first-order valence-corrected chi connectivity index (χ1v) is 6.26. The van der Waals surface area contributed by atoms with Crippen LogP contribution >= 0.6 is 27.3 Å². The second-order valence-electron chi connectivity index (χ2n) is 3.18. The van der Waals surface area contributed by atoms with Gasteiger partial charge in [-0.05, 0) is 34.5 Å². The van der Waals surface area contributed by atoms with Gasteiger partial charge in [-0.3, -0.25) is 4.79 Å². The lowest BCUT2D eigenvalue weighted by molar-refractivity contribution is 0.0784. The van der Waals surface area contributed by atoms with E-state index in [0.717, 1.165) is 21.6 Å². The van der Waals surface area contributed by atoms with Gasteiger partial charge in [-0.25, -0.2) is 0 Å². The average molecular weight is 292 g/mol. The van der Waals surface area contributed by atoms with Crippen LogP contribution in [0.2, 0.25) is 0 Å². The van der Waals surface area contributed by atoms with E-state index in [1.54, 1.807) is 12.0 Å². The van der Waals surface area contributed by atoms with Crippen molar-refractivity contribution >= 4 is 33.2 Å². The van der Waals surface area contributed by atoms with Gasteiger partial charge in [-0.2, -0.15) is 0 Å². The molecule has 0 saturated carbocycles. The fourth-order valence-corrected chi connectivity index (χ4v) is 2.55. The van der Waals surface area contributed by atoms with Crippen LogP contribution in [0.4, 0.5) is 0 Å². The number of ether oxygens (including phenoxy) is 1. The van der Waals surface area contributed by atoms with Crippen molar-refractivity contribution < 1.29 is 9.53 Å². The zero-order valence-electron chi connectivity index (χ0n) is 8.83. The summed E-state index contributed by atoms with van der Waals surface area (Å²) in [5, 5.41) is 0. The standard InChI is InChI=1S/C10H14BrNO2S/c1-12(6-3-7-14-2)10(13)8-4-5-9(11)15-8/h4-5H,3,6-7H2,1-2H3. The van der Waals surface area contributed by atoms with Crippen LogP contribution in [0.5, 0.6) is 0 Å². The topological polar surface area (TPSA) is 29.5 Å². The molecule has 1 amide bonds. The lowest BCUT2D eigenvalue weighted by Gasteiger charge is -2.15. The summed E-state index contributed by atoms with van der Waals surface area (Å²) < 4.78 is 5.92. The van der Waals surface area contributed by atoms with Crippen LogP contribution in [0, 0.1) is 0 Å². The second kappa shape index (κ2) is 6.25. The number of methoxy groups -OCH3 is 1. The van der Waals surface area contributed by atoms with Crippen molar-refractivity contribution in [1.29, 1.82) is 0 Å². The molecule has 5 heteroatoms. The summed E-state index contributed by atoms with van der Waals surface area (Å²) in [5.41, 5.74) is 0. The van der Waals surface area contributed by atoms with Crippen LogP contribution in [0.15, 0.2) is 15.9 Å². The molecule has 0 bridgehead atoms. The number of thiophene rings is 1. The van der Waals surface area contributed by atoms with Crippen molar-refractivity contribution in [3.63, 3.8) is 0 Å². The predicted octanol–water partition coefficient (Wildman–Crippen LogP) is 2.62. The summed E-state index contributed by atoms with van der Waals surface area (Å²) in [6.07, 6.45) is 0.866. The van der Waals surface area contributed by atoms with Gasteiger partial charge in [0.05, 0.1) is 8.66 Å². The Hall–Kier alpha value is -0.390. The molecule has 0 unspecified atom stereocenters. The average Bonchev–Trinajstić information content (AvgIpc) is 2.64. The minimum Gasteiger partial charge on any atom is -0.385 e. The number of halogens is 1. The molecule has 1 aromatic rings. The normalized spacial score (nSPS) is 10.3. The number of carbonyl (C=O) groups is 1. The number of hydrogen-bond acceptors (Lipinski definition) is 3. The number of nitrogens with zero attached hydrogens (tertiary/aromatic N) is 1. The quantitative estimate of drug-likeness (QED) is 0.781. The van der Waals surface area contributed by atoms with Crippen molar-refractivity contribution in [1.82, 2.24) is 4.90 Å². The molecular formula is C10H14BrNO2S. The highest BCUT2D eigenvalue weighted by molar-refractivity contribution is 9.11. The number of carbonyl (C=O) groups excluding carboxylic acids is 1. The van der Waals surface area contributed by atoms with E-state index in [4.69, 9.17) is 4.74 Å². The smallest absolute Gasteiger partial charge is 0.263 e. The number of rotatable bonds is 5. The van der Waals surface area contributed by atoms with Gasteiger partial charge in [0.2, 0.25) is 0 Å². The molecule has 1 rings (SSSR count). The van der Waals surface area contributed by atoms with Crippen molar-refractivity contribution in [2.75, 3.05) is 27.3 Å². The maximum absolute atomic E-state index is 11.8. The summed E-state index contributed by atoms with van der Waals surface area (Å²) in [7, 11) is 3.48. The molecule has 0 saturated heterocycles. The zero-order chi connectivity index (χ0) is 11.3. The third-order valence-electron chi connectivity index (χ3n) is 1.97. The van der Waals surface area contributed by atoms with Gasteiger partial charge in [-0.15, -0.1) is 11.3 Å². The van der Waals surface area contributed by atoms with E-state index >= 15 is 0 Å². The third kappa shape index (κ3) is 3.93. The first-order valence-electron chi connectivity index (χ1n) is 4.65. The van der Waals surface area contributed by atoms with Crippen LogP contribution in [0.25, 0.3) is 0 Å². The molecule has 0 aliphatic heterocycles. The Morgan fingerprint density at radius 1 is 1.60 bits per heavy atom. The highest BCUT2D eigenvalue weighted by Gasteiger charge is 2.12. The maximum Gasteiger partial charge on any atom is 0.263 e. The maximum atomic E-state index is 11.8. The molecule has 0 spiro atoms. The molecule has 0 atom stereocenters. The van der Waals surface area contributed by atoms with Crippen molar-refractivity contribution in [3.8, 4) is 0 Å². The van der Waals surface area contributed by atoms with Gasteiger partial charge < -0.3 is 9.64 Å². The highest BCUT2D eigenvalue weighted by atomic mass is 79.9. The highest BCUT2D eigenvalue weighted by Crippen LogP contribution is 2.22. The molecule has 15 heavy (non-hydrogen) atoms. The lowest BCUT2D eigenvalue weighted by atomic mass is 10.3. The molecule has 0 radical (unpaired) electrons. The summed E-state index contributed by atoms with van der Waals surface area (Å²) in [4.78, 5) is 14.3. The monoisotopic (exact) mass is 291 g/mol. The van der Waals surface area contributed by atoms with E-state index in [9.17, 15) is 4.79 Å². The number of amides is 1. The Morgan fingerprint density at radius 2 is 2.33 bits per heavy atom. The molecule has 84 valence electrons. The van der Waals surface area contributed by atoms with E-state index in [0.29, 0.717) is 6.61 Å². The molecule has 0 N–H and O–H groups in total. The molecule has 0 aliphatic rings. The molecule has 3 nitrogen and oxygen atoms in total. The Kier molecular flexibility index (Phi) is 5.28. The minimum atomic E-state index is 0.0711. The van der Waals surface area contributed by atoms with Crippen molar-refractivity contribution in [3.05, 3.63) is 20.8 Å². The second-order valence-corrected chi connectivity index (χ2v) is 5.64. The number of hydrogen-bond donors (Lipinski definition) is 0. The van der Waals surface area contributed by atoms with Gasteiger partial charge in [-0.1, -0.05) is 0 Å². The summed E-state index contributed by atoms with van der Waals surface area (Å²) in [5.74, 6) is 0.0711. The fraction of sp³-hybridized carbons (Fsp3) is 0.500. The van der Waals surface area contributed by atoms with E-state index in [2.05, 4.69) is 15.9 Å². The van der Waals surface area contributed by atoms with Crippen LogP contribution in [-0.4, -0.2) is 38.1 Å². The summed E-state index contributed by atoms with van der Waals surface area (Å²) in [6.45, 7) is 1.41. The molecule has 1 aromatic heterocycles. The van der Waals surface area contributed by atoms with E-state index in [1.165, 1.54) is 11.3 Å². The molecule has 1 heterocycles. The van der Waals surface area contributed by atoms with Gasteiger partial charge >= 0.3 is 0 Å². The Bertz CT molecular complexity index is 327. The van der Waals surface area contributed by atoms with Crippen molar-refractivity contribution in [2.24, 2.45) is 0 Å². The van der Waals surface area contributed by atoms with E-state index in [-0.39, 0.29) is 5.91 Å². The van der Waals surface area contributed by atoms with Crippen LogP contribution in [-0.2, 0) is 4.74 Å². The van der Waals surface area contributed by atoms with Crippen molar-refractivity contribution in [2.45, 2.75) is 6.42 Å². The van der Waals surface area contributed by atoms with Gasteiger partial charge in [0.1, 0.15) is 0 Å². The van der Waals surface area contributed by atoms with Crippen LogP contribution in [0.1, 0.15) is 16.1 Å². The predicted molar refractivity (Wildman–Crippen MR) is 65.5 cm³/mol. The summed E-state index contributed by atoms with van der Waals surface area (Å²) >= 11 is 4.80. The minimum absolute atomic E-state index is 0.0711. The zero-order valence-corrected chi connectivity index (χ0v) is 11.2. The Labute approximate surface area is 102 Å². The molecular weight excluding hydrogens is 278 g/mol. The third-order valence-corrected chi connectivity index (χ3v) is 3.58. The van der Waals surface area contributed by atoms with Gasteiger partial charge in [0.25, 0.3) is 5.91 Å². The first kappa shape index (κ1) is 12.7. The van der Waals surface area contributed by atoms with E-state index in [1.807, 2.05) is 19.2 Å². The van der Waals surface area contributed by atoms with Crippen LogP contribution < -0.4 is 0 Å². The lowest BCUT2D eigenvalue weighted by Crippen LogP contribution is -2.27. The fourth-order valence-electron chi connectivity index (χ4n) is 1.16.